The summed E-state index contributed by atoms with van der Waals surface area (Å²) in [4.78, 5) is 3.94. The standard InChI is InChI=1S/C19H29N3O/c1-7-18(3,4)13-19(5,6)23-12-15-11-16(20)9-10-17(15)22-14-21-8-2/h7-11,14H,1-2,12-13,20H2,3-6H3,(H,21,22). The Labute approximate surface area is 140 Å². The van der Waals surface area contributed by atoms with Crippen LogP contribution in [0.15, 0.2) is 48.6 Å². The van der Waals surface area contributed by atoms with Gasteiger partial charge < -0.3 is 15.8 Å². The van der Waals surface area contributed by atoms with Crippen LogP contribution in [0.3, 0.4) is 0 Å². The van der Waals surface area contributed by atoms with E-state index in [-0.39, 0.29) is 11.0 Å². The lowest BCUT2D eigenvalue weighted by Crippen LogP contribution is -2.30. The number of hydrogen-bond acceptors (Lipinski definition) is 3. The fraction of sp³-hybridized carbons (Fsp3) is 0.421. The van der Waals surface area contributed by atoms with Crippen LogP contribution in [-0.2, 0) is 11.3 Å². The minimum atomic E-state index is -0.269. The Morgan fingerprint density at radius 1 is 1.26 bits per heavy atom. The molecule has 0 radical (unpaired) electrons. The Balaban J connectivity index is 2.83. The number of benzene rings is 1. The van der Waals surface area contributed by atoms with Crippen molar-refractivity contribution < 1.29 is 4.74 Å². The van der Waals surface area contributed by atoms with Crippen LogP contribution in [-0.4, -0.2) is 11.9 Å². The molecule has 0 saturated carbocycles. The van der Waals surface area contributed by atoms with E-state index in [9.17, 15) is 0 Å². The van der Waals surface area contributed by atoms with E-state index in [4.69, 9.17) is 10.5 Å². The highest BCUT2D eigenvalue weighted by Gasteiger charge is 2.27. The maximum absolute atomic E-state index is 6.15. The topological polar surface area (TPSA) is 59.6 Å². The molecular formula is C19H29N3O. The molecule has 0 bridgehead atoms. The van der Waals surface area contributed by atoms with Crippen molar-refractivity contribution >= 4 is 17.7 Å². The summed E-state index contributed by atoms with van der Waals surface area (Å²) in [6, 6.07) is 5.68. The van der Waals surface area contributed by atoms with Gasteiger partial charge in [-0.2, -0.15) is 0 Å². The van der Waals surface area contributed by atoms with Gasteiger partial charge in [-0.15, -0.1) is 6.58 Å². The van der Waals surface area contributed by atoms with Crippen molar-refractivity contribution in [2.75, 3.05) is 11.1 Å². The molecule has 4 nitrogen and oxygen atoms in total. The third kappa shape index (κ3) is 6.70. The van der Waals surface area contributed by atoms with Crippen molar-refractivity contribution in [2.24, 2.45) is 10.4 Å². The number of aliphatic imine (C=N–C) groups is 1. The van der Waals surface area contributed by atoms with E-state index in [0.717, 1.165) is 17.7 Å². The second kappa shape index (κ2) is 7.97. The first-order valence-corrected chi connectivity index (χ1v) is 7.74. The van der Waals surface area contributed by atoms with E-state index >= 15 is 0 Å². The first kappa shape index (κ1) is 19.0. The number of nitrogen functional groups attached to an aromatic ring is 1. The van der Waals surface area contributed by atoms with E-state index < -0.39 is 0 Å². The summed E-state index contributed by atoms with van der Waals surface area (Å²) in [6.45, 7) is 16.4. The van der Waals surface area contributed by atoms with Gasteiger partial charge in [0.05, 0.1) is 18.5 Å². The predicted molar refractivity (Wildman–Crippen MR) is 101 cm³/mol. The number of allylic oxidation sites excluding steroid dienone is 1. The van der Waals surface area contributed by atoms with Gasteiger partial charge in [0.15, 0.2) is 0 Å². The molecule has 0 unspecified atom stereocenters. The monoisotopic (exact) mass is 315 g/mol. The van der Waals surface area contributed by atoms with Gasteiger partial charge in [0.1, 0.15) is 0 Å². The van der Waals surface area contributed by atoms with Gasteiger partial charge in [-0.3, -0.25) is 0 Å². The molecular weight excluding hydrogens is 286 g/mol. The van der Waals surface area contributed by atoms with Crippen LogP contribution in [0.4, 0.5) is 11.4 Å². The van der Waals surface area contributed by atoms with Crippen LogP contribution in [0.25, 0.3) is 0 Å². The highest BCUT2D eigenvalue weighted by molar-refractivity contribution is 5.78. The second-order valence-corrected chi connectivity index (χ2v) is 6.94. The minimum Gasteiger partial charge on any atom is -0.399 e. The molecule has 0 heterocycles. The van der Waals surface area contributed by atoms with Crippen molar-refractivity contribution in [2.45, 2.75) is 46.3 Å². The Morgan fingerprint density at radius 2 is 1.96 bits per heavy atom. The molecule has 4 heteroatoms. The fourth-order valence-electron chi connectivity index (χ4n) is 2.53. The van der Waals surface area contributed by atoms with Gasteiger partial charge in [0.2, 0.25) is 0 Å². The quantitative estimate of drug-likeness (QED) is 0.299. The molecule has 0 saturated heterocycles. The molecule has 0 spiro atoms. The van der Waals surface area contributed by atoms with Gasteiger partial charge in [-0.25, -0.2) is 4.99 Å². The van der Waals surface area contributed by atoms with Gasteiger partial charge >= 0.3 is 0 Å². The molecule has 1 aromatic carbocycles. The van der Waals surface area contributed by atoms with Crippen molar-refractivity contribution in [3.8, 4) is 0 Å². The highest BCUT2D eigenvalue weighted by atomic mass is 16.5. The van der Waals surface area contributed by atoms with Gasteiger partial charge in [-0.05, 0) is 43.9 Å². The lowest BCUT2D eigenvalue weighted by atomic mass is 9.82. The molecule has 23 heavy (non-hydrogen) atoms. The van der Waals surface area contributed by atoms with Crippen LogP contribution in [0, 0.1) is 5.41 Å². The number of hydrogen-bond donors (Lipinski definition) is 2. The maximum atomic E-state index is 6.15. The van der Waals surface area contributed by atoms with Crippen LogP contribution in [0.5, 0.6) is 0 Å². The summed E-state index contributed by atoms with van der Waals surface area (Å²) in [7, 11) is 0. The van der Waals surface area contributed by atoms with Crippen molar-refractivity contribution in [1.29, 1.82) is 0 Å². The van der Waals surface area contributed by atoms with Gasteiger partial charge in [-0.1, -0.05) is 26.5 Å². The van der Waals surface area contributed by atoms with Crippen molar-refractivity contribution in [1.82, 2.24) is 0 Å². The number of nitrogens with two attached hydrogens (primary N) is 1. The zero-order valence-corrected chi connectivity index (χ0v) is 14.7. The first-order valence-electron chi connectivity index (χ1n) is 7.74. The van der Waals surface area contributed by atoms with E-state index in [0.29, 0.717) is 12.3 Å². The molecule has 0 atom stereocenters. The number of rotatable bonds is 9. The smallest absolute Gasteiger partial charge is 0.0922 e. The Bertz CT molecular complexity index is 574. The first-order chi connectivity index (χ1) is 10.7. The molecule has 0 aliphatic heterocycles. The second-order valence-electron chi connectivity index (χ2n) is 6.94. The van der Waals surface area contributed by atoms with Gasteiger partial charge in [0, 0.05) is 23.1 Å². The molecule has 126 valence electrons. The predicted octanol–water partition coefficient (Wildman–Crippen LogP) is 4.75. The Morgan fingerprint density at radius 3 is 2.57 bits per heavy atom. The minimum absolute atomic E-state index is 0.0247. The molecule has 0 fully saturated rings. The van der Waals surface area contributed by atoms with Crippen molar-refractivity contribution in [3.63, 3.8) is 0 Å². The molecule has 1 rings (SSSR count). The summed E-state index contributed by atoms with van der Waals surface area (Å²) in [5.74, 6) is 0. The van der Waals surface area contributed by atoms with E-state index in [1.165, 1.54) is 6.20 Å². The number of ether oxygens (including phenoxy) is 1. The average Bonchev–Trinajstić information content (AvgIpc) is 2.46. The molecule has 0 aromatic heterocycles. The number of nitrogens with one attached hydrogen (secondary N) is 1. The number of anilines is 2. The third-order valence-corrected chi connectivity index (χ3v) is 3.58. The lowest BCUT2D eigenvalue weighted by Gasteiger charge is -2.33. The zero-order chi connectivity index (χ0) is 17.5. The Hall–Kier alpha value is -2.07. The maximum Gasteiger partial charge on any atom is 0.0922 e. The fourth-order valence-corrected chi connectivity index (χ4v) is 2.53. The average molecular weight is 315 g/mol. The Kier molecular flexibility index (Phi) is 6.58. The summed E-state index contributed by atoms with van der Waals surface area (Å²) < 4.78 is 6.15. The molecule has 3 N–H and O–H groups in total. The largest absolute Gasteiger partial charge is 0.399 e. The third-order valence-electron chi connectivity index (χ3n) is 3.58. The van der Waals surface area contributed by atoms with E-state index in [1.54, 1.807) is 6.34 Å². The summed E-state index contributed by atoms with van der Waals surface area (Å²) in [6.07, 6.45) is 5.92. The molecule has 0 amide bonds. The normalized spacial score (nSPS) is 12.3. The lowest BCUT2D eigenvalue weighted by molar-refractivity contribution is -0.0499. The summed E-state index contributed by atoms with van der Waals surface area (Å²) in [5.41, 5.74) is 8.27. The van der Waals surface area contributed by atoms with Crippen LogP contribution in [0.2, 0.25) is 0 Å². The molecule has 0 aliphatic carbocycles. The molecule has 0 aliphatic rings. The summed E-state index contributed by atoms with van der Waals surface area (Å²) >= 11 is 0. The van der Waals surface area contributed by atoms with Crippen molar-refractivity contribution in [3.05, 3.63) is 49.2 Å². The van der Waals surface area contributed by atoms with Crippen LogP contribution >= 0.6 is 0 Å². The van der Waals surface area contributed by atoms with E-state index in [2.05, 4.69) is 51.2 Å². The van der Waals surface area contributed by atoms with Crippen LogP contribution < -0.4 is 11.1 Å². The highest BCUT2D eigenvalue weighted by Crippen LogP contribution is 2.32. The molecule has 1 aromatic rings. The SMILES string of the molecule is C=CN=CNc1ccc(N)cc1COC(C)(C)CC(C)(C)C=C. The zero-order valence-electron chi connectivity index (χ0n) is 14.7. The van der Waals surface area contributed by atoms with E-state index in [1.807, 2.05) is 24.3 Å². The van der Waals surface area contributed by atoms with Crippen LogP contribution in [0.1, 0.15) is 39.7 Å². The number of nitrogens with zero attached hydrogens (tertiary/aromatic N) is 1. The van der Waals surface area contributed by atoms with Gasteiger partial charge in [0.25, 0.3) is 0 Å². The summed E-state index contributed by atoms with van der Waals surface area (Å²) in [5, 5.41) is 3.12.